The first-order valence-corrected chi connectivity index (χ1v) is 7.12. The van der Waals surface area contributed by atoms with Crippen LogP contribution in [0.1, 0.15) is 32.8 Å². The zero-order chi connectivity index (χ0) is 15.2. The summed E-state index contributed by atoms with van der Waals surface area (Å²) in [5.74, 6) is 0. The predicted octanol–water partition coefficient (Wildman–Crippen LogP) is 3.12. The monoisotopic (exact) mass is 298 g/mol. The molecule has 4 nitrogen and oxygen atoms in total. The number of ether oxygens (including phenoxy) is 1. The lowest BCUT2D eigenvalue weighted by molar-refractivity contribution is 0.0503. The SMILES string of the molecule is CC(C)(C)OC(=O)NC(CN)CCc1ccc(Cl)cc1. The second kappa shape index (κ2) is 7.50. The maximum atomic E-state index is 11.7. The van der Waals surface area contributed by atoms with E-state index in [9.17, 15) is 4.79 Å². The lowest BCUT2D eigenvalue weighted by Crippen LogP contribution is -2.43. The molecule has 1 atom stereocenters. The van der Waals surface area contributed by atoms with Gasteiger partial charge in [-0.1, -0.05) is 23.7 Å². The van der Waals surface area contributed by atoms with Crippen molar-refractivity contribution in [3.05, 3.63) is 34.9 Å². The number of hydrogen-bond acceptors (Lipinski definition) is 3. The lowest BCUT2D eigenvalue weighted by atomic mass is 10.1. The van der Waals surface area contributed by atoms with Gasteiger partial charge in [0.25, 0.3) is 0 Å². The molecule has 0 saturated heterocycles. The topological polar surface area (TPSA) is 64.3 Å². The Morgan fingerprint density at radius 3 is 2.45 bits per heavy atom. The standard InChI is InChI=1S/C15H23ClN2O2/c1-15(2,3)20-14(19)18-13(10-17)9-6-11-4-7-12(16)8-5-11/h4-5,7-8,13H,6,9-10,17H2,1-3H3,(H,18,19). The molecule has 1 rings (SSSR count). The van der Waals surface area contributed by atoms with Crippen LogP contribution in [-0.4, -0.2) is 24.3 Å². The summed E-state index contributed by atoms with van der Waals surface area (Å²) in [5, 5.41) is 3.51. The molecule has 1 amide bonds. The van der Waals surface area contributed by atoms with Crippen molar-refractivity contribution >= 4 is 17.7 Å². The Morgan fingerprint density at radius 1 is 1.35 bits per heavy atom. The van der Waals surface area contributed by atoms with E-state index >= 15 is 0 Å². The van der Waals surface area contributed by atoms with Gasteiger partial charge in [-0.2, -0.15) is 0 Å². The van der Waals surface area contributed by atoms with E-state index in [4.69, 9.17) is 22.1 Å². The average Bonchev–Trinajstić information content (AvgIpc) is 2.34. The van der Waals surface area contributed by atoms with Gasteiger partial charge in [-0.15, -0.1) is 0 Å². The number of halogens is 1. The van der Waals surface area contributed by atoms with E-state index in [0.29, 0.717) is 6.54 Å². The minimum absolute atomic E-state index is 0.0967. The van der Waals surface area contributed by atoms with E-state index < -0.39 is 11.7 Å². The Bertz CT molecular complexity index is 426. The number of benzene rings is 1. The minimum Gasteiger partial charge on any atom is -0.444 e. The third-order valence-corrected chi connectivity index (χ3v) is 2.95. The fourth-order valence-electron chi connectivity index (χ4n) is 1.72. The largest absolute Gasteiger partial charge is 0.444 e. The van der Waals surface area contributed by atoms with Crippen molar-refractivity contribution in [2.75, 3.05) is 6.54 Å². The Morgan fingerprint density at radius 2 is 1.95 bits per heavy atom. The zero-order valence-corrected chi connectivity index (χ0v) is 13.0. The molecule has 0 aromatic heterocycles. The van der Waals surface area contributed by atoms with E-state index in [-0.39, 0.29) is 6.04 Å². The predicted molar refractivity (Wildman–Crippen MR) is 82.0 cm³/mol. The maximum absolute atomic E-state index is 11.7. The zero-order valence-electron chi connectivity index (χ0n) is 12.3. The van der Waals surface area contributed by atoms with Crippen LogP contribution in [0.5, 0.6) is 0 Å². The Hall–Kier alpha value is -1.26. The molecular formula is C15H23ClN2O2. The Kier molecular flexibility index (Phi) is 6.30. The van der Waals surface area contributed by atoms with Gasteiger partial charge in [-0.3, -0.25) is 0 Å². The highest BCUT2D eigenvalue weighted by Gasteiger charge is 2.18. The summed E-state index contributed by atoms with van der Waals surface area (Å²) >= 11 is 5.84. The van der Waals surface area contributed by atoms with Crippen LogP contribution in [0, 0.1) is 0 Å². The number of rotatable bonds is 5. The van der Waals surface area contributed by atoms with Gasteiger partial charge in [-0.05, 0) is 51.3 Å². The van der Waals surface area contributed by atoms with E-state index in [1.54, 1.807) is 0 Å². The van der Waals surface area contributed by atoms with Crippen LogP contribution in [0.4, 0.5) is 4.79 Å². The van der Waals surface area contributed by atoms with Crippen LogP contribution in [0.25, 0.3) is 0 Å². The van der Waals surface area contributed by atoms with Crippen molar-refractivity contribution in [1.29, 1.82) is 0 Å². The number of nitrogens with two attached hydrogens (primary N) is 1. The molecule has 3 N–H and O–H groups in total. The molecule has 0 spiro atoms. The first-order chi connectivity index (χ1) is 9.30. The number of hydrogen-bond donors (Lipinski definition) is 2. The molecular weight excluding hydrogens is 276 g/mol. The number of amides is 1. The van der Waals surface area contributed by atoms with Crippen LogP contribution in [0.15, 0.2) is 24.3 Å². The molecule has 0 saturated carbocycles. The summed E-state index contributed by atoms with van der Waals surface area (Å²) < 4.78 is 5.21. The first kappa shape index (κ1) is 16.8. The fourth-order valence-corrected chi connectivity index (χ4v) is 1.84. The molecule has 20 heavy (non-hydrogen) atoms. The van der Waals surface area contributed by atoms with Crippen molar-refractivity contribution in [2.45, 2.75) is 45.3 Å². The number of carbonyl (C=O) groups excluding carboxylic acids is 1. The smallest absolute Gasteiger partial charge is 0.407 e. The van der Waals surface area contributed by atoms with Gasteiger partial charge in [0.1, 0.15) is 5.60 Å². The van der Waals surface area contributed by atoms with Crippen molar-refractivity contribution in [1.82, 2.24) is 5.32 Å². The van der Waals surface area contributed by atoms with Gasteiger partial charge in [-0.25, -0.2) is 4.79 Å². The summed E-state index contributed by atoms with van der Waals surface area (Å²) in [5.41, 5.74) is 6.35. The highest BCUT2D eigenvalue weighted by Crippen LogP contribution is 2.12. The van der Waals surface area contributed by atoms with Crippen LogP contribution in [0.3, 0.4) is 0 Å². The maximum Gasteiger partial charge on any atom is 0.407 e. The van der Waals surface area contributed by atoms with Gasteiger partial charge in [0, 0.05) is 17.6 Å². The van der Waals surface area contributed by atoms with E-state index in [0.717, 1.165) is 17.9 Å². The van der Waals surface area contributed by atoms with Crippen LogP contribution < -0.4 is 11.1 Å². The van der Waals surface area contributed by atoms with Gasteiger partial charge >= 0.3 is 6.09 Å². The second-order valence-electron chi connectivity index (χ2n) is 5.74. The van der Waals surface area contributed by atoms with Gasteiger partial charge in [0.15, 0.2) is 0 Å². The van der Waals surface area contributed by atoms with E-state index in [1.807, 2.05) is 45.0 Å². The third kappa shape index (κ3) is 6.78. The number of carbonyl (C=O) groups is 1. The summed E-state index contributed by atoms with van der Waals surface area (Å²) in [6.45, 7) is 5.88. The summed E-state index contributed by atoms with van der Waals surface area (Å²) in [4.78, 5) is 11.7. The fraction of sp³-hybridized carbons (Fsp3) is 0.533. The van der Waals surface area contributed by atoms with Gasteiger partial charge in [0.2, 0.25) is 0 Å². The van der Waals surface area contributed by atoms with Crippen molar-refractivity contribution < 1.29 is 9.53 Å². The second-order valence-corrected chi connectivity index (χ2v) is 6.18. The third-order valence-electron chi connectivity index (χ3n) is 2.70. The number of aryl methyl sites for hydroxylation is 1. The van der Waals surface area contributed by atoms with E-state index in [2.05, 4.69) is 5.32 Å². The molecule has 1 aromatic rings. The highest BCUT2D eigenvalue weighted by atomic mass is 35.5. The molecule has 1 unspecified atom stereocenters. The van der Waals surface area contributed by atoms with Gasteiger partial charge in [0.05, 0.1) is 0 Å². The molecule has 0 fully saturated rings. The molecule has 0 aliphatic rings. The summed E-state index contributed by atoms with van der Waals surface area (Å²) in [7, 11) is 0. The Labute approximate surface area is 125 Å². The van der Waals surface area contributed by atoms with E-state index in [1.165, 1.54) is 5.56 Å². The summed E-state index contributed by atoms with van der Waals surface area (Å²) in [6, 6.07) is 7.57. The summed E-state index contributed by atoms with van der Waals surface area (Å²) in [6.07, 6.45) is 1.16. The van der Waals surface area contributed by atoms with Crippen LogP contribution in [0.2, 0.25) is 5.02 Å². The molecule has 0 aliphatic heterocycles. The van der Waals surface area contributed by atoms with Crippen LogP contribution in [-0.2, 0) is 11.2 Å². The average molecular weight is 299 g/mol. The van der Waals surface area contributed by atoms with Crippen LogP contribution >= 0.6 is 11.6 Å². The highest BCUT2D eigenvalue weighted by molar-refractivity contribution is 6.30. The van der Waals surface area contributed by atoms with Crippen molar-refractivity contribution in [2.24, 2.45) is 5.73 Å². The minimum atomic E-state index is -0.501. The van der Waals surface area contributed by atoms with Crippen molar-refractivity contribution in [3.8, 4) is 0 Å². The van der Waals surface area contributed by atoms with Gasteiger partial charge < -0.3 is 15.8 Å². The molecule has 0 bridgehead atoms. The number of nitrogens with one attached hydrogen (secondary N) is 1. The Balaban J connectivity index is 2.43. The lowest BCUT2D eigenvalue weighted by Gasteiger charge is -2.23. The first-order valence-electron chi connectivity index (χ1n) is 6.74. The molecule has 112 valence electrons. The molecule has 0 radical (unpaired) electrons. The van der Waals surface area contributed by atoms with Crippen molar-refractivity contribution in [3.63, 3.8) is 0 Å². The molecule has 0 aliphatic carbocycles. The number of alkyl carbamates (subject to hydrolysis) is 1. The normalized spacial score (nSPS) is 12.8. The molecule has 0 heterocycles. The quantitative estimate of drug-likeness (QED) is 0.878. The molecule has 1 aromatic carbocycles. The molecule has 5 heteroatoms.